The highest BCUT2D eigenvalue weighted by molar-refractivity contribution is 5.81. The predicted molar refractivity (Wildman–Crippen MR) is 82.9 cm³/mol. The van der Waals surface area contributed by atoms with Gasteiger partial charge < -0.3 is 14.9 Å². The lowest BCUT2D eigenvalue weighted by atomic mass is 9.87. The number of nitrogens with zero attached hydrogens (tertiary/aromatic N) is 1. The van der Waals surface area contributed by atoms with E-state index in [1.807, 2.05) is 13.8 Å². The van der Waals surface area contributed by atoms with E-state index >= 15 is 0 Å². The van der Waals surface area contributed by atoms with Gasteiger partial charge in [0.25, 0.3) is 0 Å². The maximum absolute atomic E-state index is 14.0. The van der Waals surface area contributed by atoms with Crippen molar-refractivity contribution < 1.29 is 24.1 Å². The number of ether oxygens (including phenoxy) is 1. The Morgan fingerprint density at radius 2 is 2.00 bits per heavy atom. The number of aliphatic hydroxyl groups excluding tert-OH is 1. The summed E-state index contributed by atoms with van der Waals surface area (Å²) in [5.74, 6) is -1.73. The molecule has 1 atom stereocenters. The molecule has 0 saturated heterocycles. The lowest BCUT2D eigenvalue weighted by molar-refractivity contribution is -0.147. The van der Waals surface area contributed by atoms with E-state index in [9.17, 15) is 19.4 Å². The van der Waals surface area contributed by atoms with Gasteiger partial charge in [-0.2, -0.15) is 0 Å². The predicted octanol–water partition coefficient (Wildman–Crippen LogP) is 3.14. The minimum atomic E-state index is -1.75. The number of aliphatic hydroxyl groups is 1. The van der Waals surface area contributed by atoms with Crippen LogP contribution in [0.5, 0.6) is 5.88 Å². The molecule has 0 radical (unpaired) electrons. The van der Waals surface area contributed by atoms with E-state index in [0.29, 0.717) is 22.6 Å². The molecule has 122 valence electrons. The van der Waals surface area contributed by atoms with Gasteiger partial charge in [-0.3, -0.25) is 0 Å². The van der Waals surface area contributed by atoms with E-state index in [1.165, 1.54) is 25.4 Å². The van der Waals surface area contributed by atoms with E-state index in [4.69, 9.17) is 4.74 Å². The van der Waals surface area contributed by atoms with Gasteiger partial charge in [-0.25, -0.2) is 14.2 Å². The number of pyridine rings is 1. The van der Waals surface area contributed by atoms with Gasteiger partial charge in [0.1, 0.15) is 5.82 Å². The maximum atomic E-state index is 14.0. The number of carboxylic acids is 1. The van der Waals surface area contributed by atoms with Gasteiger partial charge >= 0.3 is 5.97 Å². The van der Waals surface area contributed by atoms with E-state index in [1.54, 1.807) is 12.1 Å². The van der Waals surface area contributed by atoms with Crippen LogP contribution in [0.3, 0.4) is 0 Å². The van der Waals surface area contributed by atoms with E-state index in [2.05, 4.69) is 4.98 Å². The number of aromatic nitrogens is 1. The zero-order valence-corrected chi connectivity index (χ0v) is 13.1. The highest BCUT2D eigenvalue weighted by Crippen LogP contribution is 2.36. The lowest BCUT2D eigenvalue weighted by Gasteiger charge is -2.20. The molecule has 2 aromatic rings. The second-order valence-electron chi connectivity index (χ2n) is 5.44. The van der Waals surface area contributed by atoms with Gasteiger partial charge in [0, 0.05) is 17.8 Å². The quantitative estimate of drug-likeness (QED) is 0.885. The molecular formula is C17H18FNO4. The van der Waals surface area contributed by atoms with Crippen LogP contribution in [0.1, 0.15) is 37.0 Å². The summed E-state index contributed by atoms with van der Waals surface area (Å²) in [6.07, 6.45) is -0.271. The second-order valence-corrected chi connectivity index (χ2v) is 5.44. The molecule has 0 saturated carbocycles. The Hall–Kier alpha value is -2.47. The van der Waals surface area contributed by atoms with Crippen molar-refractivity contribution in [2.45, 2.75) is 25.9 Å². The number of hydrogen-bond donors (Lipinski definition) is 2. The SMILES string of the molecule is COc1cc(-c2cc(F)cc(C(C)C)c2C(O)C(=O)O)ccn1. The molecule has 2 N–H and O–H groups in total. The first-order chi connectivity index (χ1) is 10.8. The number of halogens is 1. The first kappa shape index (κ1) is 16.9. The summed E-state index contributed by atoms with van der Waals surface area (Å²) < 4.78 is 19.1. The van der Waals surface area contributed by atoms with Crippen LogP contribution in [0, 0.1) is 5.82 Å². The van der Waals surface area contributed by atoms with E-state index in [-0.39, 0.29) is 11.5 Å². The Balaban J connectivity index is 2.77. The van der Waals surface area contributed by atoms with Gasteiger partial charge in [0.05, 0.1) is 7.11 Å². The van der Waals surface area contributed by atoms with Gasteiger partial charge in [0.2, 0.25) is 5.88 Å². The Morgan fingerprint density at radius 1 is 1.30 bits per heavy atom. The monoisotopic (exact) mass is 319 g/mol. The molecule has 0 fully saturated rings. The molecule has 23 heavy (non-hydrogen) atoms. The van der Waals surface area contributed by atoms with Crippen molar-refractivity contribution in [2.75, 3.05) is 7.11 Å². The number of aliphatic carboxylic acids is 1. The van der Waals surface area contributed by atoms with Crippen LogP contribution >= 0.6 is 0 Å². The maximum Gasteiger partial charge on any atom is 0.337 e. The molecule has 0 bridgehead atoms. The Labute approximate surface area is 133 Å². The minimum Gasteiger partial charge on any atom is -0.481 e. The van der Waals surface area contributed by atoms with Crippen molar-refractivity contribution in [3.8, 4) is 17.0 Å². The van der Waals surface area contributed by atoms with Crippen LogP contribution in [0.2, 0.25) is 0 Å². The fraction of sp³-hybridized carbons (Fsp3) is 0.294. The zero-order valence-electron chi connectivity index (χ0n) is 13.1. The number of carbonyl (C=O) groups is 1. The van der Waals surface area contributed by atoms with Crippen molar-refractivity contribution in [1.82, 2.24) is 4.98 Å². The van der Waals surface area contributed by atoms with Gasteiger partial charge in [-0.15, -0.1) is 0 Å². The largest absolute Gasteiger partial charge is 0.481 e. The summed E-state index contributed by atoms with van der Waals surface area (Å²) in [6, 6.07) is 5.65. The van der Waals surface area contributed by atoms with Gasteiger partial charge in [-0.1, -0.05) is 13.8 Å². The first-order valence-corrected chi connectivity index (χ1v) is 7.09. The Morgan fingerprint density at radius 3 is 2.57 bits per heavy atom. The standard InChI is InChI=1S/C17H18FNO4/c1-9(2)12-7-11(18)8-13(15(12)16(20)17(21)22)10-4-5-19-14(6-10)23-3/h4-9,16,20H,1-3H3,(H,21,22). The second kappa shape index (κ2) is 6.75. The summed E-state index contributed by atoms with van der Waals surface area (Å²) in [6.45, 7) is 3.62. The van der Waals surface area contributed by atoms with Crippen LogP contribution in [-0.2, 0) is 4.79 Å². The molecule has 1 aromatic carbocycles. The third-order valence-electron chi connectivity index (χ3n) is 3.56. The fourth-order valence-corrected chi connectivity index (χ4v) is 2.47. The van der Waals surface area contributed by atoms with Crippen LogP contribution in [0.15, 0.2) is 30.5 Å². The number of benzene rings is 1. The summed E-state index contributed by atoms with van der Waals surface area (Å²) in [5, 5.41) is 19.3. The Bertz CT molecular complexity index is 731. The third kappa shape index (κ3) is 3.48. The Kier molecular flexibility index (Phi) is 4.95. The van der Waals surface area contributed by atoms with Crippen molar-refractivity contribution in [2.24, 2.45) is 0 Å². The highest BCUT2D eigenvalue weighted by atomic mass is 19.1. The van der Waals surface area contributed by atoms with E-state index in [0.717, 1.165) is 0 Å². The van der Waals surface area contributed by atoms with Crippen LogP contribution < -0.4 is 4.74 Å². The normalized spacial score (nSPS) is 12.3. The highest BCUT2D eigenvalue weighted by Gasteiger charge is 2.26. The van der Waals surface area contributed by atoms with Crippen LogP contribution in [0.25, 0.3) is 11.1 Å². The number of rotatable bonds is 5. The first-order valence-electron chi connectivity index (χ1n) is 7.09. The van der Waals surface area contributed by atoms with Gasteiger partial charge in [0.15, 0.2) is 6.10 Å². The van der Waals surface area contributed by atoms with Crippen molar-refractivity contribution in [3.63, 3.8) is 0 Å². The zero-order chi connectivity index (χ0) is 17.1. The summed E-state index contributed by atoms with van der Waals surface area (Å²) >= 11 is 0. The summed E-state index contributed by atoms with van der Waals surface area (Å²) in [5.41, 5.74) is 1.46. The molecule has 0 aliphatic carbocycles. The van der Waals surface area contributed by atoms with Crippen LogP contribution in [-0.4, -0.2) is 28.3 Å². The summed E-state index contributed by atoms with van der Waals surface area (Å²) in [4.78, 5) is 15.3. The molecule has 1 heterocycles. The summed E-state index contributed by atoms with van der Waals surface area (Å²) in [7, 11) is 1.45. The molecule has 1 unspecified atom stereocenters. The molecular weight excluding hydrogens is 301 g/mol. The molecule has 6 heteroatoms. The molecule has 1 aromatic heterocycles. The van der Waals surface area contributed by atoms with Crippen molar-refractivity contribution in [1.29, 1.82) is 0 Å². The van der Waals surface area contributed by atoms with Crippen LogP contribution in [0.4, 0.5) is 4.39 Å². The average molecular weight is 319 g/mol. The minimum absolute atomic E-state index is 0.155. The number of methoxy groups -OCH3 is 1. The number of carboxylic acid groups (broad SMARTS) is 1. The third-order valence-corrected chi connectivity index (χ3v) is 3.56. The smallest absolute Gasteiger partial charge is 0.337 e. The molecule has 0 spiro atoms. The number of hydrogen-bond acceptors (Lipinski definition) is 4. The molecule has 0 aliphatic heterocycles. The van der Waals surface area contributed by atoms with Crippen molar-refractivity contribution >= 4 is 5.97 Å². The fourth-order valence-electron chi connectivity index (χ4n) is 2.47. The molecule has 2 rings (SSSR count). The molecule has 0 amide bonds. The average Bonchev–Trinajstić information content (AvgIpc) is 2.53. The lowest BCUT2D eigenvalue weighted by Crippen LogP contribution is -2.15. The van der Waals surface area contributed by atoms with Gasteiger partial charge in [-0.05, 0) is 40.8 Å². The van der Waals surface area contributed by atoms with E-state index < -0.39 is 17.9 Å². The van der Waals surface area contributed by atoms with Crippen molar-refractivity contribution in [3.05, 3.63) is 47.4 Å². The molecule has 0 aliphatic rings. The molecule has 5 nitrogen and oxygen atoms in total. The topological polar surface area (TPSA) is 79.7 Å².